The van der Waals surface area contributed by atoms with Crippen LogP contribution in [0.2, 0.25) is 0 Å². The van der Waals surface area contributed by atoms with Gasteiger partial charge in [0.15, 0.2) is 5.96 Å². The molecule has 0 aromatic heterocycles. The largest absolute Gasteiger partial charge is 0.480 e. The lowest BCUT2D eigenvalue weighted by atomic mass is 10.0. The molecule has 0 rings (SSSR count). The summed E-state index contributed by atoms with van der Waals surface area (Å²) in [6.07, 6.45) is 0.599. The zero-order valence-corrected chi connectivity index (χ0v) is 19.9. The number of carboxylic acid groups (broad SMARTS) is 1. The van der Waals surface area contributed by atoms with Crippen molar-refractivity contribution in [3.8, 4) is 0 Å². The van der Waals surface area contributed by atoms with Crippen molar-refractivity contribution in [2.45, 2.75) is 77.0 Å². The first kappa shape index (κ1) is 30.6. The maximum Gasteiger partial charge on any atom is 0.325 e. The highest BCUT2D eigenvalue weighted by Crippen LogP contribution is 2.08. The predicted molar refractivity (Wildman–Crippen MR) is 125 cm³/mol. The number of aliphatic imine (C=N–C) groups is 1. The molecule has 0 aliphatic heterocycles. The van der Waals surface area contributed by atoms with Crippen LogP contribution < -0.4 is 38.9 Å². The summed E-state index contributed by atoms with van der Waals surface area (Å²) >= 11 is 0. The van der Waals surface area contributed by atoms with Gasteiger partial charge < -0.3 is 44.0 Å². The number of hydrogen-bond acceptors (Lipinski definition) is 7. The summed E-state index contributed by atoms with van der Waals surface area (Å²) in [7, 11) is 0. The first-order valence-corrected chi connectivity index (χ1v) is 11.0. The summed E-state index contributed by atoms with van der Waals surface area (Å²) in [5.41, 5.74) is 21.4. The van der Waals surface area contributed by atoms with Gasteiger partial charge in [-0.3, -0.25) is 29.0 Å². The van der Waals surface area contributed by atoms with Crippen LogP contribution in [0.1, 0.15) is 52.9 Å². The summed E-state index contributed by atoms with van der Waals surface area (Å²) < 4.78 is 0. The number of hydrogen-bond donors (Lipinski definition) is 8. The first-order chi connectivity index (χ1) is 15.7. The number of rotatable bonds is 16. The van der Waals surface area contributed by atoms with E-state index in [0.717, 1.165) is 0 Å². The summed E-state index contributed by atoms with van der Waals surface area (Å²) in [6, 6.07) is -4.35. The molecule has 0 radical (unpaired) electrons. The van der Waals surface area contributed by atoms with Crippen molar-refractivity contribution >= 4 is 35.6 Å². The number of aliphatic carboxylic acids is 1. The molecule has 4 unspecified atom stereocenters. The van der Waals surface area contributed by atoms with Gasteiger partial charge in [0.2, 0.25) is 23.6 Å². The van der Waals surface area contributed by atoms with E-state index in [-0.39, 0.29) is 44.1 Å². The monoisotopic (exact) mass is 486 g/mol. The quantitative estimate of drug-likeness (QED) is 0.0637. The van der Waals surface area contributed by atoms with Gasteiger partial charge in [-0.15, -0.1) is 0 Å². The molecule has 4 amide bonds. The van der Waals surface area contributed by atoms with E-state index >= 15 is 0 Å². The van der Waals surface area contributed by atoms with Gasteiger partial charge in [-0.25, -0.2) is 0 Å². The van der Waals surface area contributed by atoms with Gasteiger partial charge in [-0.1, -0.05) is 13.8 Å². The van der Waals surface area contributed by atoms with E-state index in [4.69, 9.17) is 28.0 Å². The van der Waals surface area contributed by atoms with E-state index in [2.05, 4.69) is 20.9 Å². The van der Waals surface area contributed by atoms with E-state index in [0.29, 0.717) is 6.42 Å². The number of carboxylic acids is 1. The van der Waals surface area contributed by atoms with Crippen LogP contribution in [-0.2, 0) is 24.0 Å². The van der Waals surface area contributed by atoms with Crippen LogP contribution in [0.5, 0.6) is 0 Å². The van der Waals surface area contributed by atoms with E-state index in [9.17, 15) is 24.0 Å². The van der Waals surface area contributed by atoms with Crippen molar-refractivity contribution in [2.24, 2.45) is 33.8 Å². The fourth-order valence-corrected chi connectivity index (χ4v) is 2.83. The van der Waals surface area contributed by atoms with Gasteiger partial charge >= 0.3 is 5.97 Å². The van der Waals surface area contributed by atoms with E-state index in [1.165, 1.54) is 6.92 Å². The molecule has 4 atom stereocenters. The zero-order valence-electron chi connectivity index (χ0n) is 19.9. The predicted octanol–water partition coefficient (Wildman–Crippen LogP) is -2.76. The molecule has 14 heteroatoms. The highest BCUT2D eigenvalue weighted by molar-refractivity contribution is 5.94. The van der Waals surface area contributed by atoms with Crippen molar-refractivity contribution in [1.82, 2.24) is 16.0 Å². The molecule has 0 heterocycles. The van der Waals surface area contributed by atoms with Crippen LogP contribution in [0.3, 0.4) is 0 Å². The molecule has 0 aromatic rings. The Bertz CT molecular complexity index is 753. The van der Waals surface area contributed by atoms with Crippen LogP contribution in [0.4, 0.5) is 0 Å². The van der Waals surface area contributed by atoms with Crippen LogP contribution in [0.25, 0.3) is 0 Å². The summed E-state index contributed by atoms with van der Waals surface area (Å²) in [6.45, 7) is 5.16. The van der Waals surface area contributed by atoms with E-state index < -0.39 is 53.8 Å². The molecule has 14 nitrogen and oxygen atoms in total. The second-order valence-corrected chi connectivity index (χ2v) is 8.38. The molecular formula is C20H38N8O6. The van der Waals surface area contributed by atoms with E-state index in [1.54, 1.807) is 0 Å². The molecule has 0 bridgehead atoms. The number of nitrogens with one attached hydrogen (secondary N) is 3. The fraction of sp³-hybridized carbons (Fsp3) is 0.700. The molecule has 0 fully saturated rings. The Labute approximate surface area is 198 Å². The third-order valence-electron chi connectivity index (χ3n) is 4.69. The fourth-order valence-electron chi connectivity index (χ4n) is 2.83. The lowest BCUT2D eigenvalue weighted by molar-refractivity contribution is -0.141. The Balaban J connectivity index is 5.42. The molecule has 0 saturated heterocycles. The van der Waals surface area contributed by atoms with Gasteiger partial charge in [0, 0.05) is 13.0 Å². The molecule has 194 valence electrons. The van der Waals surface area contributed by atoms with E-state index in [1.807, 2.05) is 13.8 Å². The second kappa shape index (κ2) is 15.4. The SMILES string of the molecule is CC(C)CC(NC(=O)C(N)CCC(N)=O)C(=O)NC(CCCN=C(N)N)C(=O)NC(C)C(=O)O. The molecule has 12 N–H and O–H groups in total. The van der Waals surface area contributed by atoms with Crippen molar-refractivity contribution in [3.63, 3.8) is 0 Å². The molecule has 0 saturated carbocycles. The highest BCUT2D eigenvalue weighted by Gasteiger charge is 2.29. The van der Waals surface area contributed by atoms with Crippen LogP contribution >= 0.6 is 0 Å². The molecule has 34 heavy (non-hydrogen) atoms. The van der Waals surface area contributed by atoms with Gasteiger partial charge in [0.25, 0.3) is 0 Å². The number of nitrogens with two attached hydrogens (primary N) is 4. The highest BCUT2D eigenvalue weighted by atomic mass is 16.4. The second-order valence-electron chi connectivity index (χ2n) is 8.38. The molecule has 0 aliphatic carbocycles. The van der Waals surface area contributed by atoms with Crippen LogP contribution in [0.15, 0.2) is 4.99 Å². The number of carbonyl (C=O) groups excluding carboxylic acids is 4. The molecular weight excluding hydrogens is 448 g/mol. The minimum absolute atomic E-state index is 0.000861. The van der Waals surface area contributed by atoms with Crippen molar-refractivity contribution < 1.29 is 29.1 Å². The Morgan fingerprint density at radius 3 is 1.91 bits per heavy atom. The Hall–Kier alpha value is -3.42. The maximum absolute atomic E-state index is 13.0. The standard InChI is InChI=1S/C20H38N8O6/c1-10(2)9-14(28-16(30)12(21)6-7-15(22)29)18(32)27-13(5-4-8-25-20(23)24)17(31)26-11(3)19(33)34/h10-14H,4-9,21H2,1-3H3,(H2,22,29)(H,26,31)(H,27,32)(H,28,30)(H,33,34)(H4,23,24,25). The average molecular weight is 487 g/mol. The average Bonchev–Trinajstić information content (AvgIpc) is 2.72. The summed E-state index contributed by atoms with van der Waals surface area (Å²) in [5.74, 6) is -3.97. The topological polar surface area (TPSA) is 258 Å². The lowest BCUT2D eigenvalue weighted by Gasteiger charge is -2.25. The number of primary amides is 1. The minimum Gasteiger partial charge on any atom is -0.480 e. The first-order valence-electron chi connectivity index (χ1n) is 11.0. The summed E-state index contributed by atoms with van der Waals surface area (Å²) in [5, 5.41) is 16.5. The van der Waals surface area contributed by atoms with Gasteiger partial charge in [0.1, 0.15) is 18.1 Å². The number of nitrogens with zero attached hydrogens (tertiary/aromatic N) is 1. The van der Waals surface area contributed by atoms with Crippen LogP contribution in [0, 0.1) is 5.92 Å². The Kier molecular flexibility index (Phi) is 13.9. The summed E-state index contributed by atoms with van der Waals surface area (Å²) in [4.78, 5) is 63.8. The maximum atomic E-state index is 13.0. The van der Waals surface area contributed by atoms with Crippen LogP contribution in [-0.4, -0.2) is 71.4 Å². The molecule has 0 aliphatic rings. The Morgan fingerprint density at radius 2 is 1.41 bits per heavy atom. The number of carbonyl (C=O) groups is 5. The van der Waals surface area contributed by atoms with Crippen molar-refractivity contribution in [1.29, 1.82) is 0 Å². The third kappa shape index (κ3) is 13.2. The molecule has 0 spiro atoms. The number of guanidine groups is 1. The van der Waals surface area contributed by atoms with Crippen molar-refractivity contribution in [2.75, 3.05) is 6.54 Å². The normalized spacial score (nSPS) is 14.3. The van der Waals surface area contributed by atoms with Gasteiger partial charge in [0.05, 0.1) is 6.04 Å². The zero-order chi connectivity index (χ0) is 26.4. The smallest absolute Gasteiger partial charge is 0.325 e. The number of amides is 4. The van der Waals surface area contributed by atoms with Gasteiger partial charge in [-0.2, -0.15) is 0 Å². The third-order valence-corrected chi connectivity index (χ3v) is 4.69. The Morgan fingerprint density at radius 1 is 0.853 bits per heavy atom. The molecule has 0 aromatic carbocycles. The van der Waals surface area contributed by atoms with Gasteiger partial charge in [-0.05, 0) is 38.5 Å². The van der Waals surface area contributed by atoms with Crippen molar-refractivity contribution in [3.05, 3.63) is 0 Å². The lowest BCUT2D eigenvalue weighted by Crippen LogP contribution is -2.57. The minimum atomic E-state index is -1.24.